The molecule has 0 fully saturated rings. The average molecular weight is 185 g/mol. The van der Waals surface area contributed by atoms with E-state index in [0.29, 0.717) is 6.54 Å². The van der Waals surface area contributed by atoms with Crippen LogP contribution in [0, 0.1) is 0 Å². The normalized spacial score (nSPS) is 11.3. The van der Waals surface area contributed by atoms with E-state index in [-0.39, 0.29) is 11.9 Å². The number of rotatable bonds is 2. The van der Waals surface area contributed by atoms with Gasteiger partial charge < -0.3 is 22.2 Å². The minimum atomic E-state index is -0.532. The smallest absolute Gasteiger partial charge is 0.284 e. The Balaban J connectivity index is 0.000000252. The average Bonchev–Trinajstić information content (AvgIpc) is 2.57. The van der Waals surface area contributed by atoms with Gasteiger partial charge in [0.1, 0.15) is 0 Å². The number of primary amides is 1. The van der Waals surface area contributed by atoms with Crippen molar-refractivity contribution in [2.24, 2.45) is 17.2 Å². The van der Waals surface area contributed by atoms with Gasteiger partial charge in [-0.2, -0.15) is 0 Å². The molecule has 1 heterocycles. The largest absolute Gasteiger partial charge is 0.363 e. The Labute approximate surface area is 76.5 Å². The van der Waals surface area contributed by atoms with Crippen molar-refractivity contribution in [3.05, 3.63) is 18.2 Å². The van der Waals surface area contributed by atoms with E-state index in [4.69, 9.17) is 17.2 Å². The van der Waals surface area contributed by atoms with Crippen LogP contribution in [0.5, 0.6) is 0 Å². The van der Waals surface area contributed by atoms with Crippen molar-refractivity contribution < 1.29 is 4.79 Å². The second-order valence-electron chi connectivity index (χ2n) is 2.52. The van der Waals surface area contributed by atoms with E-state index < -0.39 is 5.91 Å². The van der Waals surface area contributed by atoms with Gasteiger partial charge in [-0.25, -0.2) is 4.98 Å². The zero-order valence-corrected chi connectivity index (χ0v) is 7.53. The topological polar surface area (TPSA) is 124 Å². The summed E-state index contributed by atoms with van der Waals surface area (Å²) in [5.74, 6) is -0.333. The Bertz CT molecular complexity index is 231. The van der Waals surface area contributed by atoms with Crippen LogP contribution >= 0.6 is 0 Å². The SMILES string of the molecule is CC(N)CN.NC(=O)c1ncc[nH]1. The number of hydrogen-bond donors (Lipinski definition) is 4. The standard InChI is InChI=1S/C4H5N3O.C3H10N2/c5-3(8)4-6-1-2-7-4;1-3(5)2-4/h1-2H,(H2,5,8)(H,6,7);3H,2,4-5H2,1H3. The second kappa shape index (κ2) is 6.15. The van der Waals surface area contributed by atoms with Gasteiger partial charge in [-0.1, -0.05) is 0 Å². The molecular weight excluding hydrogens is 170 g/mol. The molecule has 0 aliphatic carbocycles. The molecule has 1 aromatic rings. The fourth-order valence-electron chi connectivity index (χ4n) is 0.400. The number of nitrogens with one attached hydrogen (secondary N) is 1. The number of imidazole rings is 1. The molecule has 1 atom stereocenters. The number of hydrogen-bond acceptors (Lipinski definition) is 4. The van der Waals surface area contributed by atoms with Crippen LogP contribution in [0.15, 0.2) is 12.4 Å². The van der Waals surface area contributed by atoms with Crippen molar-refractivity contribution in [2.75, 3.05) is 6.54 Å². The molecule has 1 aromatic heterocycles. The van der Waals surface area contributed by atoms with Gasteiger partial charge in [0.2, 0.25) is 0 Å². The third-order valence-corrected chi connectivity index (χ3v) is 1.10. The monoisotopic (exact) mass is 185 g/mol. The number of carbonyl (C=O) groups excluding carboxylic acids is 1. The van der Waals surface area contributed by atoms with Gasteiger partial charge in [0, 0.05) is 25.0 Å². The highest BCUT2D eigenvalue weighted by Crippen LogP contribution is 1.82. The van der Waals surface area contributed by atoms with Gasteiger partial charge in [0.15, 0.2) is 5.82 Å². The molecule has 0 saturated heterocycles. The summed E-state index contributed by atoms with van der Waals surface area (Å²) >= 11 is 0. The van der Waals surface area contributed by atoms with Gasteiger partial charge in [-0.3, -0.25) is 4.79 Å². The fraction of sp³-hybridized carbons (Fsp3) is 0.429. The van der Waals surface area contributed by atoms with Gasteiger partial charge in [-0.15, -0.1) is 0 Å². The van der Waals surface area contributed by atoms with E-state index in [2.05, 4.69) is 9.97 Å². The highest BCUT2D eigenvalue weighted by molar-refractivity contribution is 5.88. The number of aromatic nitrogens is 2. The van der Waals surface area contributed by atoms with Crippen molar-refractivity contribution in [3.63, 3.8) is 0 Å². The molecule has 1 rings (SSSR count). The maximum atomic E-state index is 10.2. The quantitative estimate of drug-likeness (QED) is 0.462. The molecule has 13 heavy (non-hydrogen) atoms. The van der Waals surface area contributed by atoms with Crippen LogP contribution in [0.1, 0.15) is 17.5 Å². The lowest BCUT2D eigenvalue weighted by molar-refractivity contribution is 0.0991. The molecule has 0 aliphatic rings. The zero-order chi connectivity index (χ0) is 10.3. The summed E-state index contributed by atoms with van der Waals surface area (Å²) in [6.45, 7) is 2.46. The lowest BCUT2D eigenvalue weighted by Crippen LogP contribution is -2.25. The van der Waals surface area contributed by atoms with Crippen molar-refractivity contribution in [3.8, 4) is 0 Å². The van der Waals surface area contributed by atoms with E-state index >= 15 is 0 Å². The Morgan fingerprint density at radius 1 is 1.77 bits per heavy atom. The summed E-state index contributed by atoms with van der Waals surface area (Å²) in [4.78, 5) is 16.3. The Hall–Kier alpha value is -1.40. The third kappa shape index (κ3) is 5.83. The predicted molar refractivity (Wildman–Crippen MR) is 49.8 cm³/mol. The molecule has 0 bridgehead atoms. The van der Waals surface area contributed by atoms with Gasteiger partial charge in [-0.05, 0) is 6.92 Å². The lowest BCUT2D eigenvalue weighted by Gasteiger charge is -1.92. The molecule has 0 aliphatic heterocycles. The van der Waals surface area contributed by atoms with E-state index in [9.17, 15) is 4.79 Å². The molecule has 1 unspecified atom stereocenters. The van der Waals surface area contributed by atoms with E-state index in [1.807, 2.05) is 6.92 Å². The number of nitrogens with two attached hydrogens (primary N) is 3. The maximum Gasteiger partial charge on any atom is 0.284 e. The minimum absolute atomic E-state index is 0.162. The highest BCUT2D eigenvalue weighted by atomic mass is 16.1. The molecule has 0 spiro atoms. The van der Waals surface area contributed by atoms with Crippen LogP contribution in [-0.2, 0) is 0 Å². The summed E-state index contributed by atoms with van der Waals surface area (Å²) in [6, 6.07) is 0.162. The Morgan fingerprint density at radius 3 is 2.46 bits per heavy atom. The van der Waals surface area contributed by atoms with Gasteiger partial charge >= 0.3 is 0 Å². The first-order chi connectivity index (χ1) is 6.07. The third-order valence-electron chi connectivity index (χ3n) is 1.10. The van der Waals surface area contributed by atoms with Crippen molar-refractivity contribution in [2.45, 2.75) is 13.0 Å². The summed E-state index contributed by atoms with van der Waals surface area (Å²) in [5, 5.41) is 0. The van der Waals surface area contributed by atoms with E-state index in [0.717, 1.165) is 0 Å². The van der Waals surface area contributed by atoms with Crippen LogP contribution in [-0.4, -0.2) is 28.5 Å². The lowest BCUT2D eigenvalue weighted by atomic mass is 10.4. The molecule has 6 nitrogen and oxygen atoms in total. The summed E-state index contributed by atoms with van der Waals surface area (Å²) in [6.07, 6.45) is 3.01. The number of H-pyrrole nitrogens is 1. The first-order valence-electron chi connectivity index (χ1n) is 3.82. The zero-order valence-electron chi connectivity index (χ0n) is 7.53. The molecular formula is C7H15N5O. The van der Waals surface area contributed by atoms with Crippen molar-refractivity contribution >= 4 is 5.91 Å². The molecule has 0 saturated carbocycles. The first-order valence-corrected chi connectivity index (χ1v) is 3.82. The summed E-state index contributed by atoms with van der Waals surface area (Å²) in [5.41, 5.74) is 15.0. The molecule has 74 valence electrons. The van der Waals surface area contributed by atoms with Crippen LogP contribution in [0.25, 0.3) is 0 Å². The van der Waals surface area contributed by atoms with Crippen LogP contribution in [0.3, 0.4) is 0 Å². The molecule has 0 radical (unpaired) electrons. The number of aromatic amines is 1. The maximum absolute atomic E-state index is 10.2. The molecule has 0 aromatic carbocycles. The number of carbonyl (C=O) groups is 1. The number of nitrogens with zero attached hydrogens (tertiary/aromatic N) is 1. The predicted octanol–water partition coefficient (Wildman–Crippen LogP) is -1.20. The Kier molecular flexibility index (Phi) is 5.49. The van der Waals surface area contributed by atoms with Crippen LogP contribution in [0.2, 0.25) is 0 Å². The second-order valence-corrected chi connectivity index (χ2v) is 2.52. The van der Waals surface area contributed by atoms with Gasteiger partial charge in [0.05, 0.1) is 0 Å². The van der Waals surface area contributed by atoms with Crippen LogP contribution in [0.4, 0.5) is 0 Å². The van der Waals surface area contributed by atoms with Crippen molar-refractivity contribution in [1.29, 1.82) is 0 Å². The van der Waals surface area contributed by atoms with Crippen molar-refractivity contribution in [1.82, 2.24) is 9.97 Å². The van der Waals surface area contributed by atoms with E-state index in [1.54, 1.807) is 6.20 Å². The Morgan fingerprint density at radius 2 is 2.31 bits per heavy atom. The van der Waals surface area contributed by atoms with Gasteiger partial charge in [0.25, 0.3) is 5.91 Å². The number of amides is 1. The van der Waals surface area contributed by atoms with Crippen LogP contribution < -0.4 is 17.2 Å². The highest BCUT2D eigenvalue weighted by Gasteiger charge is 1.97. The summed E-state index contributed by atoms with van der Waals surface area (Å²) < 4.78 is 0. The molecule has 1 amide bonds. The fourth-order valence-corrected chi connectivity index (χ4v) is 0.400. The molecule has 7 N–H and O–H groups in total. The van der Waals surface area contributed by atoms with E-state index in [1.165, 1.54) is 6.20 Å². The summed E-state index contributed by atoms with van der Waals surface area (Å²) in [7, 11) is 0. The minimum Gasteiger partial charge on any atom is -0.363 e. The first kappa shape index (κ1) is 11.6. The molecule has 6 heteroatoms.